The summed E-state index contributed by atoms with van der Waals surface area (Å²) in [4.78, 5) is 12.5. The highest BCUT2D eigenvalue weighted by Crippen LogP contribution is 2.23. The molecule has 0 saturated heterocycles. The summed E-state index contributed by atoms with van der Waals surface area (Å²) in [5.74, 6) is 0.225. The largest absolute Gasteiger partial charge is 0.481 e. The van der Waals surface area contributed by atoms with Crippen LogP contribution in [0.5, 0.6) is 5.75 Å². The number of aryl methyl sites for hydroxylation is 1. The van der Waals surface area contributed by atoms with Gasteiger partial charge in [-0.05, 0) is 75.7 Å². The second-order valence-corrected chi connectivity index (χ2v) is 8.61. The highest BCUT2D eigenvalue weighted by atomic mass is 35.5. The standard InChI is InChI=1S/C19H23ClN2O4S/c1-12(2)22-27(24,25)17-8-6-16(7-9-17)21-19(23)14(4)26-18-10-5-15(20)11-13(18)3/h5-12,14,22H,1-4H3,(H,21,23)/t14-/m1/s1. The van der Waals surface area contributed by atoms with E-state index in [-0.39, 0.29) is 16.8 Å². The molecule has 0 aliphatic carbocycles. The molecule has 1 atom stereocenters. The van der Waals surface area contributed by atoms with Gasteiger partial charge in [-0.15, -0.1) is 0 Å². The van der Waals surface area contributed by atoms with E-state index in [2.05, 4.69) is 10.0 Å². The monoisotopic (exact) mass is 410 g/mol. The molecule has 2 aromatic rings. The first-order valence-electron chi connectivity index (χ1n) is 8.44. The van der Waals surface area contributed by atoms with Crippen molar-refractivity contribution in [3.05, 3.63) is 53.1 Å². The van der Waals surface area contributed by atoms with E-state index in [1.165, 1.54) is 24.3 Å². The minimum Gasteiger partial charge on any atom is -0.481 e. The molecule has 0 radical (unpaired) electrons. The SMILES string of the molecule is Cc1cc(Cl)ccc1O[C@H](C)C(=O)Nc1ccc(S(=O)(=O)NC(C)C)cc1. The van der Waals surface area contributed by atoms with Crippen LogP contribution in [-0.4, -0.2) is 26.5 Å². The van der Waals surface area contributed by atoms with Crippen LogP contribution in [0.3, 0.4) is 0 Å². The maximum atomic E-state index is 12.3. The Morgan fingerprint density at radius 2 is 1.70 bits per heavy atom. The highest BCUT2D eigenvalue weighted by molar-refractivity contribution is 7.89. The van der Waals surface area contributed by atoms with E-state index < -0.39 is 16.1 Å². The zero-order valence-electron chi connectivity index (χ0n) is 15.6. The van der Waals surface area contributed by atoms with Gasteiger partial charge in [0.1, 0.15) is 5.75 Å². The number of amides is 1. The number of anilines is 1. The van der Waals surface area contributed by atoms with Crippen molar-refractivity contribution in [2.75, 3.05) is 5.32 Å². The fourth-order valence-corrected chi connectivity index (χ4v) is 3.81. The number of hydrogen-bond acceptors (Lipinski definition) is 4. The van der Waals surface area contributed by atoms with Crippen molar-refractivity contribution in [2.24, 2.45) is 0 Å². The van der Waals surface area contributed by atoms with E-state index in [0.717, 1.165) is 5.56 Å². The average Bonchev–Trinajstić information content (AvgIpc) is 2.56. The molecule has 0 unspecified atom stereocenters. The van der Waals surface area contributed by atoms with Crippen LogP contribution in [0.4, 0.5) is 5.69 Å². The van der Waals surface area contributed by atoms with Gasteiger partial charge in [0.2, 0.25) is 10.0 Å². The van der Waals surface area contributed by atoms with Crippen LogP contribution in [0.15, 0.2) is 47.4 Å². The van der Waals surface area contributed by atoms with Crippen molar-refractivity contribution in [3.63, 3.8) is 0 Å². The number of halogens is 1. The van der Waals surface area contributed by atoms with E-state index in [9.17, 15) is 13.2 Å². The summed E-state index contributed by atoms with van der Waals surface area (Å²) in [5.41, 5.74) is 1.31. The predicted octanol–water partition coefficient (Wildman–Crippen LogP) is 3.74. The molecule has 0 aromatic heterocycles. The average molecular weight is 411 g/mol. The first-order valence-corrected chi connectivity index (χ1v) is 10.3. The Labute approximate surface area is 164 Å². The zero-order chi connectivity index (χ0) is 20.2. The maximum Gasteiger partial charge on any atom is 0.265 e. The molecule has 0 aliphatic rings. The van der Waals surface area contributed by atoms with E-state index >= 15 is 0 Å². The third-order valence-corrected chi connectivity index (χ3v) is 5.54. The number of carbonyl (C=O) groups is 1. The molecule has 146 valence electrons. The van der Waals surface area contributed by atoms with Gasteiger partial charge >= 0.3 is 0 Å². The quantitative estimate of drug-likeness (QED) is 0.728. The highest BCUT2D eigenvalue weighted by Gasteiger charge is 2.18. The first kappa shape index (κ1) is 21.2. The number of ether oxygens (including phenoxy) is 1. The minimum absolute atomic E-state index is 0.135. The summed E-state index contributed by atoms with van der Waals surface area (Å²) in [6.07, 6.45) is -0.740. The van der Waals surface area contributed by atoms with Crippen LogP contribution in [0, 0.1) is 6.92 Å². The summed E-state index contributed by atoms with van der Waals surface area (Å²) in [6.45, 7) is 6.97. The summed E-state index contributed by atoms with van der Waals surface area (Å²) in [7, 11) is -3.57. The molecule has 0 saturated carbocycles. The number of benzene rings is 2. The lowest BCUT2D eigenvalue weighted by Crippen LogP contribution is -2.31. The molecule has 0 heterocycles. The van der Waals surface area contributed by atoms with Gasteiger partial charge in [0, 0.05) is 16.8 Å². The minimum atomic E-state index is -3.57. The van der Waals surface area contributed by atoms with Gasteiger partial charge in [-0.1, -0.05) is 11.6 Å². The molecule has 1 amide bonds. The van der Waals surface area contributed by atoms with E-state index in [4.69, 9.17) is 16.3 Å². The Kier molecular flexibility index (Phi) is 6.86. The molecule has 8 heteroatoms. The fraction of sp³-hybridized carbons (Fsp3) is 0.316. The lowest BCUT2D eigenvalue weighted by molar-refractivity contribution is -0.122. The van der Waals surface area contributed by atoms with Crippen LogP contribution in [0.1, 0.15) is 26.3 Å². The number of rotatable bonds is 7. The van der Waals surface area contributed by atoms with E-state index in [1.807, 2.05) is 6.92 Å². The van der Waals surface area contributed by atoms with Crippen molar-refractivity contribution in [3.8, 4) is 5.75 Å². The van der Waals surface area contributed by atoms with Crippen LogP contribution < -0.4 is 14.8 Å². The summed E-state index contributed by atoms with van der Waals surface area (Å²) < 4.78 is 32.4. The summed E-state index contributed by atoms with van der Waals surface area (Å²) in [5, 5.41) is 3.30. The van der Waals surface area contributed by atoms with Gasteiger partial charge in [-0.25, -0.2) is 13.1 Å². The number of carbonyl (C=O) groups excluding carboxylic acids is 1. The normalized spacial score (nSPS) is 12.7. The summed E-state index contributed by atoms with van der Waals surface area (Å²) in [6, 6.07) is 10.9. The topological polar surface area (TPSA) is 84.5 Å². The second-order valence-electron chi connectivity index (χ2n) is 6.46. The van der Waals surface area contributed by atoms with Crippen LogP contribution >= 0.6 is 11.6 Å². The molecule has 0 aliphatic heterocycles. The zero-order valence-corrected chi connectivity index (χ0v) is 17.2. The molecule has 0 fully saturated rings. The molecule has 6 nitrogen and oxygen atoms in total. The van der Waals surface area contributed by atoms with Crippen molar-refractivity contribution in [2.45, 2.75) is 44.7 Å². The third kappa shape index (κ3) is 5.95. The second kappa shape index (κ2) is 8.73. The van der Waals surface area contributed by atoms with Gasteiger partial charge < -0.3 is 10.1 Å². The van der Waals surface area contributed by atoms with E-state index in [1.54, 1.807) is 39.0 Å². The lowest BCUT2D eigenvalue weighted by atomic mass is 10.2. The molecule has 0 spiro atoms. The predicted molar refractivity (Wildman–Crippen MR) is 107 cm³/mol. The molecule has 27 heavy (non-hydrogen) atoms. The van der Waals surface area contributed by atoms with Crippen LogP contribution in [0.25, 0.3) is 0 Å². The van der Waals surface area contributed by atoms with Gasteiger partial charge in [0.05, 0.1) is 4.90 Å². The Morgan fingerprint density at radius 3 is 2.26 bits per heavy atom. The Balaban J connectivity index is 2.02. The fourth-order valence-electron chi connectivity index (χ4n) is 2.33. The Morgan fingerprint density at radius 1 is 1.07 bits per heavy atom. The van der Waals surface area contributed by atoms with Gasteiger partial charge in [0.15, 0.2) is 6.10 Å². The molecular formula is C19H23ClN2O4S. The molecule has 2 aromatic carbocycles. The number of hydrogen-bond donors (Lipinski definition) is 2. The van der Waals surface area contributed by atoms with Crippen LogP contribution in [0.2, 0.25) is 5.02 Å². The van der Waals surface area contributed by atoms with Crippen molar-refractivity contribution < 1.29 is 17.9 Å². The van der Waals surface area contributed by atoms with Gasteiger partial charge in [-0.3, -0.25) is 4.79 Å². The molecule has 0 bridgehead atoms. The van der Waals surface area contributed by atoms with Crippen molar-refractivity contribution >= 4 is 33.2 Å². The van der Waals surface area contributed by atoms with E-state index in [0.29, 0.717) is 16.5 Å². The van der Waals surface area contributed by atoms with Gasteiger partial charge in [0.25, 0.3) is 5.91 Å². The Bertz CT molecular complexity index is 912. The van der Waals surface area contributed by atoms with Crippen molar-refractivity contribution in [1.29, 1.82) is 0 Å². The summed E-state index contributed by atoms with van der Waals surface area (Å²) >= 11 is 5.91. The lowest BCUT2D eigenvalue weighted by Gasteiger charge is -2.16. The maximum absolute atomic E-state index is 12.3. The number of sulfonamides is 1. The molecule has 2 rings (SSSR count). The van der Waals surface area contributed by atoms with Crippen molar-refractivity contribution in [1.82, 2.24) is 4.72 Å². The van der Waals surface area contributed by atoms with Crippen LogP contribution in [-0.2, 0) is 14.8 Å². The molecular weight excluding hydrogens is 388 g/mol. The van der Waals surface area contributed by atoms with Gasteiger partial charge in [-0.2, -0.15) is 0 Å². The number of nitrogens with one attached hydrogen (secondary N) is 2. The Hall–Kier alpha value is -2.09. The molecule has 2 N–H and O–H groups in total. The first-order chi connectivity index (χ1) is 12.6. The smallest absolute Gasteiger partial charge is 0.265 e. The third-order valence-electron chi connectivity index (χ3n) is 3.63.